The van der Waals surface area contributed by atoms with Crippen LogP contribution < -0.4 is 10.2 Å². The van der Waals surface area contributed by atoms with E-state index in [0.717, 1.165) is 0 Å². The number of benzene rings is 1. The number of rotatable bonds is 5. The highest BCUT2D eigenvalue weighted by Gasteiger charge is 2.17. The molecule has 0 aliphatic rings. The van der Waals surface area contributed by atoms with E-state index in [-0.39, 0.29) is 24.5 Å². The Balaban J connectivity index is 3.00. The molecule has 0 aliphatic carbocycles. The second-order valence-electron chi connectivity index (χ2n) is 4.36. The quantitative estimate of drug-likeness (QED) is 0.838. The van der Waals surface area contributed by atoms with E-state index >= 15 is 0 Å². The minimum atomic E-state index is -0.287. The van der Waals surface area contributed by atoms with Crippen LogP contribution in [-0.2, 0) is 4.79 Å². The van der Waals surface area contributed by atoms with Gasteiger partial charge in [-0.25, -0.2) is 0 Å². The summed E-state index contributed by atoms with van der Waals surface area (Å²) in [5, 5.41) is 11.8. The molecule has 0 radical (unpaired) electrons. The lowest BCUT2D eigenvalue weighted by molar-refractivity contribution is -0.116. The summed E-state index contributed by atoms with van der Waals surface area (Å²) in [6.45, 7) is 3.22. The molecule has 19 heavy (non-hydrogen) atoms. The standard InChI is InChI=1S/C14H20N2O3/c1-4-11(9-17)15-14(19)12-7-5-6-8-13(12)16(3)10(2)18/h5-8,11,17H,4,9H2,1-3H3,(H,15,19)/t11-/m1/s1. The highest BCUT2D eigenvalue weighted by Crippen LogP contribution is 2.19. The highest BCUT2D eigenvalue weighted by molar-refractivity contribution is 6.04. The summed E-state index contributed by atoms with van der Waals surface area (Å²) in [7, 11) is 1.62. The van der Waals surface area contributed by atoms with Gasteiger partial charge in [0.2, 0.25) is 5.91 Å². The van der Waals surface area contributed by atoms with Crippen molar-refractivity contribution in [3.8, 4) is 0 Å². The molecule has 0 unspecified atom stereocenters. The Hall–Kier alpha value is -1.88. The van der Waals surface area contributed by atoms with Crippen molar-refractivity contribution in [1.82, 2.24) is 5.32 Å². The van der Waals surface area contributed by atoms with Crippen molar-refractivity contribution in [2.24, 2.45) is 0 Å². The molecule has 1 aromatic carbocycles. The van der Waals surface area contributed by atoms with Crippen LogP contribution in [0.3, 0.4) is 0 Å². The van der Waals surface area contributed by atoms with Crippen LogP contribution in [-0.4, -0.2) is 36.6 Å². The third-order valence-electron chi connectivity index (χ3n) is 3.03. The fourth-order valence-electron chi connectivity index (χ4n) is 1.67. The minimum absolute atomic E-state index is 0.104. The van der Waals surface area contributed by atoms with Gasteiger partial charge in [-0.15, -0.1) is 0 Å². The summed E-state index contributed by atoms with van der Waals surface area (Å²) in [5.74, 6) is -0.431. The molecule has 1 atom stereocenters. The van der Waals surface area contributed by atoms with Crippen molar-refractivity contribution in [1.29, 1.82) is 0 Å². The summed E-state index contributed by atoms with van der Waals surface area (Å²) in [6, 6.07) is 6.62. The molecule has 0 aromatic heterocycles. The van der Waals surface area contributed by atoms with Gasteiger partial charge in [0.1, 0.15) is 0 Å². The molecule has 104 valence electrons. The summed E-state index contributed by atoms with van der Waals surface area (Å²) in [6.07, 6.45) is 0.646. The predicted octanol–water partition coefficient (Wildman–Crippen LogP) is 1.17. The van der Waals surface area contributed by atoms with E-state index in [1.165, 1.54) is 11.8 Å². The zero-order valence-electron chi connectivity index (χ0n) is 11.5. The van der Waals surface area contributed by atoms with Gasteiger partial charge in [-0.3, -0.25) is 9.59 Å². The first-order chi connectivity index (χ1) is 9.01. The zero-order valence-corrected chi connectivity index (χ0v) is 11.5. The minimum Gasteiger partial charge on any atom is -0.394 e. The molecule has 5 nitrogen and oxygen atoms in total. The molecule has 2 amide bonds. The normalized spacial score (nSPS) is 11.8. The van der Waals surface area contributed by atoms with Crippen LogP contribution in [0.4, 0.5) is 5.69 Å². The number of nitrogens with zero attached hydrogens (tertiary/aromatic N) is 1. The Kier molecular flexibility index (Phi) is 5.51. The molecule has 0 bridgehead atoms. The summed E-state index contributed by atoms with van der Waals surface area (Å²) in [5.41, 5.74) is 0.979. The maximum absolute atomic E-state index is 12.2. The molecule has 1 aromatic rings. The van der Waals surface area contributed by atoms with E-state index in [0.29, 0.717) is 17.7 Å². The van der Waals surface area contributed by atoms with Crippen LogP contribution in [0.5, 0.6) is 0 Å². The molecule has 0 saturated carbocycles. The summed E-state index contributed by atoms with van der Waals surface area (Å²) >= 11 is 0. The maximum atomic E-state index is 12.2. The summed E-state index contributed by atoms with van der Waals surface area (Å²) in [4.78, 5) is 25.0. The first kappa shape index (κ1) is 15.2. The van der Waals surface area contributed by atoms with Gasteiger partial charge >= 0.3 is 0 Å². The van der Waals surface area contributed by atoms with E-state index < -0.39 is 0 Å². The molecule has 0 saturated heterocycles. The lowest BCUT2D eigenvalue weighted by atomic mass is 10.1. The Morgan fingerprint density at radius 3 is 2.53 bits per heavy atom. The molecule has 1 rings (SSSR count). The fraction of sp³-hybridized carbons (Fsp3) is 0.429. The van der Waals surface area contributed by atoms with Crippen molar-refractivity contribution in [3.05, 3.63) is 29.8 Å². The van der Waals surface area contributed by atoms with Gasteiger partial charge in [-0.05, 0) is 18.6 Å². The topological polar surface area (TPSA) is 69.6 Å². The Morgan fingerprint density at radius 1 is 1.37 bits per heavy atom. The van der Waals surface area contributed by atoms with E-state index in [9.17, 15) is 9.59 Å². The number of carbonyl (C=O) groups is 2. The van der Waals surface area contributed by atoms with Gasteiger partial charge in [0.15, 0.2) is 0 Å². The Labute approximate surface area is 113 Å². The van der Waals surface area contributed by atoms with E-state index in [2.05, 4.69) is 5.32 Å². The number of hydrogen-bond acceptors (Lipinski definition) is 3. The number of nitrogens with one attached hydrogen (secondary N) is 1. The molecular weight excluding hydrogens is 244 g/mol. The Bertz CT molecular complexity index is 456. The number of anilines is 1. The lowest BCUT2D eigenvalue weighted by Gasteiger charge is -2.20. The largest absolute Gasteiger partial charge is 0.394 e. The van der Waals surface area contributed by atoms with Crippen molar-refractivity contribution < 1.29 is 14.7 Å². The van der Waals surface area contributed by atoms with Crippen LogP contribution >= 0.6 is 0 Å². The maximum Gasteiger partial charge on any atom is 0.253 e. The van der Waals surface area contributed by atoms with Crippen molar-refractivity contribution in [2.45, 2.75) is 26.3 Å². The number of para-hydroxylation sites is 1. The first-order valence-corrected chi connectivity index (χ1v) is 6.26. The predicted molar refractivity (Wildman–Crippen MR) is 74.2 cm³/mol. The first-order valence-electron chi connectivity index (χ1n) is 6.26. The van der Waals surface area contributed by atoms with Gasteiger partial charge in [0.25, 0.3) is 5.91 Å². The van der Waals surface area contributed by atoms with E-state index in [4.69, 9.17) is 5.11 Å². The smallest absolute Gasteiger partial charge is 0.253 e. The van der Waals surface area contributed by atoms with E-state index in [1.54, 1.807) is 31.3 Å². The van der Waals surface area contributed by atoms with Crippen LogP contribution in [0.25, 0.3) is 0 Å². The van der Waals surface area contributed by atoms with Crippen molar-refractivity contribution in [3.63, 3.8) is 0 Å². The van der Waals surface area contributed by atoms with Gasteiger partial charge in [0, 0.05) is 14.0 Å². The number of amides is 2. The number of aliphatic hydroxyl groups is 1. The molecular formula is C14H20N2O3. The monoisotopic (exact) mass is 264 g/mol. The average Bonchev–Trinajstić information content (AvgIpc) is 2.43. The van der Waals surface area contributed by atoms with E-state index in [1.807, 2.05) is 6.92 Å². The molecule has 2 N–H and O–H groups in total. The van der Waals surface area contributed by atoms with Crippen LogP contribution in [0, 0.1) is 0 Å². The molecule has 0 heterocycles. The molecule has 0 fully saturated rings. The van der Waals surface area contributed by atoms with Crippen molar-refractivity contribution in [2.75, 3.05) is 18.6 Å². The molecule has 5 heteroatoms. The second-order valence-corrected chi connectivity index (χ2v) is 4.36. The number of hydrogen-bond donors (Lipinski definition) is 2. The number of carbonyl (C=O) groups excluding carboxylic acids is 2. The van der Waals surface area contributed by atoms with Gasteiger partial charge < -0.3 is 15.3 Å². The number of aliphatic hydroxyl groups excluding tert-OH is 1. The van der Waals surface area contributed by atoms with Gasteiger partial charge in [-0.2, -0.15) is 0 Å². The second kappa shape index (κ2) is 6.89. The van der Waals surface area contributed by atoms with Crippen molar-refractivity contribution >= 4 is 17.5 Å². The SMILES string of the molecule is CC[C@H](CO)NC(=O)c1ccccc1N(C)C(C)=O. The van der Waals surface area contributed by atoms with Gasteiger partial charge in [-0.1, -0.05) is 19.1 Å². The third kappa shape index (κ3) is 3.79. The zero-order chi connectivity index (χ0) is 14.4. The molecule has 0 aliphatic heterocycles. The average molecular weight is 264 g/mol. The Morgan fingerprint density at radius 2 is 2.00 bits per heavy atom. The molecule has 0 spiro atoms. The third-order valence-corrected chi connectivity index (χ3v) is 3.03. The fourth-order valence-corrected chi connectivity index (χ4v) is 1.67. The van der Waals surface area contributed by atoms with Crippen LogP contribution in [0.2, 0.25) is 0 Å². The lowest BCUT2D eigenvalue weighted by Crippen LogP contribution is -2.38. The summed E-state index contributed by atoms with van der Waals surface area (Å²) < 4.78 is 0. The van der Waals surface area contributed by atoms with Gasteiger partial charge in [0.05, 0.1) is 23.9 Å². The van der Waals surface area contributed by atoms with Crippen LogP contribution in [0.1, 0.15) is 30.6 Å². The van der Waals surface area contributed by atoms with Crippen LogP contribution in [0.15, 0.2) is 24.3 Å². The highest BCUT2D eigenvalue weighted by atomic mass is 16.3.